The van der Waals surface area contributed by atoms with Crippen molar-refractivity contribution >= 4 is 25.8 Å². The van der Waals surface area contributed by atoms with Crippen LogP contribution >= 0.6 is 0 Å². The van der Waals surface area contributed by atoms with Gasteiger partial charge in [-0.25, -0.2) is 16.8 Å². The van der Waals surface area contributed by atoms with Gasteiger partial charge < -0.3 is 9.32 Å². The number of hydrogen-bond donors (Lipinski definition) is 0. The Morgan fingerprint density at radius 2 is 2.06 bits per heavy atom. The van der Waals surface area contributed by atoms with Gasteiger partial charge in [0.15, 0.2) is 9.84 Å². The van der Waals surface area contributed by atoms with Gasteiger partial charge in [0.25, 0.3) is 0 Å². The second kappa shape index (κ2) is 8.99. The molecule has 0 saturated carbocycles. The predicted molar refractivity (Wildman–Crippen MR) is 118 cm³/mol. The number of aromatic nitrogens is 2. The molecule has 0 spiro atoms. The fourth-order valence-electron chi connectivity index (χ4n) is 4.22. The summed E-state index contributed by atoms with van der Waals surface area (Å²) in [6, 6.07) is 2.22. The molecular weight excluding hydrogens is 456 g/mol. The number of amides is 1. The minimum atomic E-state index is -3.89. The number of likely N-dealkylation sites (N-methyl/N-ethyl adjacent to an activating group) is 1. The Morgan fingerprint density at radius 1 is 1.38 bits per heavy atom. The van der Waals surface area contributed by atoms with E-state index in [4.69, 9.17) is 4.42 Å². The number of sulfonamides is 1. The van der Waals surface area contributed by atoms with Crippen LogP contribution in [0.15, 0.2) is 27.7 Å². The van der Waals surface area contributed by atoms with Gasteiger partial charge in [-0.05, 0) is 46.2 Å². The minimum absolute atomic E-state index is 0.0480. The first-order valence-electron chi connectivity index (χ1n) is 10.4. The van der Waals surface area contributed by atoms with Crippen LogP contribution in [-0.2, 0) is 31.2 Å². The molecule has 0 N–H and O–H groups in total. The van der Waals surface area contributed by atoms with Gasteiger partial charge in [0.2, 0.25) is 15.9 Å². The topological polar surface area (TPSA) is 123 Å². The van der Waals surface area contributed by atoms with Crippen LogP contribution in [0.25, 0.3) is 0 Å². The third-order valence-electron chi connectivity index (χ3n) is 5.88. The summed E-state index contributed by atoms with van der Waals surface area (Å²) in [6.07, 6.45) is 1.88. The van der Waals surface area contributed by atoms with E-state index < -0.39 is 25.9 Å². The van der Waals surface area contributed by atoms with E-state index in [1.54, 1.807) is 44.7 Å². The van der Waals surface area contributed by atoms with Gasteiger partial charge in [0.05, 0.1) is 35.7 Å². The first-order chi connectivity index (χ1) is 14.9. The summed E-state index contributed by atoms with van der Waals surface area (Å²) in [7, 11) is -5.57. The van der Waals surface area contributed by atoms with E-state index >= 15 is 0 Å². The van der Waals surface area contributed by atoms with Crippen LogP contribution in [0.5, 0.6) is 0 Å². The average molecular weight is 487 g/mol. The molecule has 10 nitrogen and oxygen atoms in total. The SMILES string of the molecule is CCN(C(=O)[C@H](C)n1nc(C)c(S(=O)(=O)N(C)Cc2ccco2)c1C)[C@H]1CCS(=O)(=O)C1. The van der Waals surface area contributed by atoms with Crippen molar-refractivity contribution in [3.63, 3.8) is 0 Å². The van der Waals surface area contributed by atoms with E-state index in [0.29, 0.717) is 30.1 Å². The summed E-state index contributed by atoms with van der Waals surface area (Å²) >= 11 is 0. The zero-order valence-electron chi connectivity index (χ0n) is 19.0. The summed E-state index contributed by atoms with van der Waals surface area (Å²) in [5, 5.41) is 4.37. The van der Waals surface area contributed by atoms with Crippen LogP contribution in [0.1, 0.15) is 43.5 Å². The number of nitrogens with zero attached hydrogens (tertiary/aromatic N) is 4. The summed E-state index contributed by atoms with van der Waals surface area (Å²) in [6.45, 7) is 7.09. The summed E-state index contributed by atoms with van der Waals surface area (Å²) in [4.78, 5) is 14.9. The Morgan fingerprint density at radius 3 is 2.59 bits per heavy atom. The van der Waals surface area contributed by atoms with Crippen molar-refractivity contribution in [2.45, 2.75) is 57.6 Å². The number of furan rings is 1. The molecule has 2 aromatic rings. The Bertz CT molecular complexity index is 1190. The second-order valence-electron chi connectivity index (χ2n) is 8.14. The molecule has 2 atom stereocenters. The summed E-state index contributed by atoms with van der Waals surface area (Å²) < 4.78 is 58.1. The highest BCUT2D eigenvalue weighted by molar-refractivity contribution is 7.91. The molecule has 12 heteroatoms. The number of carbonyl (C=O) groups excluding carboxylic acids is 1. The minimum Gasteiger partial charge on any atom is -0.468 e. The number of carbonyl (C=O) groups is 1. The summed E-state index contributed by atoms with van der Waals surface area (Å²) in [5.41, 5.74) is 0.643. The molecule has 1 aliphatic rings. The van der Waals surface area contributed by atoms with E-state index in [-0.39, 0.29) is 34.9 Å². The van der Waals surface area contributed by atoms with Crippen molar-refractivity contribution in [1.82, 2.24) is 19.0 Å². The molecule has 2 aromatic heterocycles. The molecule has 1 amide bonds. The van der Waals surface area contributed by atoms with E-state index in [9.17, 15) is 21.6 Å². The molecule has 1 aliphatic heterocycles. The zero-order valence-corrected chi connectivity index (χ0v) is 20.6. The third-order valence-corrected chi connectivity index (χ3v) is 9.69. The van der Waals surface area contributed by atoms with Gasteiger partial charge in [0.1, 0.15) is 16.7 Å². The van der Waals surface area contributed by atoms with Crippen LogP contribution < -0.4 is 0 Å². The lowest BCUT2D eigenvalue weighted by Crippen LogP contribution is -2.44. The molecule has 1 fully saturated rings. The van der Waals surface area contributed by atoms with Crippen LogP contribution in [0.2, 0.25) is 0 Å². The van der Waals surface area contributed by atoms with Crippen molar-refractivity contribution in [1.29, 1.82) is 0 Å². The fourth-order valence-corrected chi connectivity index (χ4v) is 7.44. The Kier molecular flexibility index (Phi) is 6.87. The molecule has 32 heavy (non-hydrogen) atoms. The number of aryl methyl sites for hydroxylation is 1. The molecule has 0 unspecified atom stereocenters. The first-order valence-corrected chi connectivity index (χ1v) is 13.7. The Hall–Kier alpha value is -2.18. The van der Waals surface area contributed by atoms with E-state index in [0.717, 1.165) is 0 Å². The molecule has 3 heterocycles. The van der Waals surface area contributed by atoms with E-state index in [1.807, 2.05) is 0 Å². The molecule has 178 valence electrons. The molecule has 0 aliphatic carbocycles. The standard InChI is InChI=1S/C20H30N4O6S2/c1-6-23(17-9-11-31(26,27)13-17)20(25)16(4)24-15(3)19(14(2)21-24)32(28,29)22(5)12-18-8-7-10-30-18/h7-8,10,16-17H,6,9,11-13H2,1-5H3/t16-,17-/m0/s1. The van der Waals surface area contributed by atoms with Crippen molar-refractivity contribution in [3.05, 3.63) is 35.5 Å². The quantitative estimate of drug-likeness (QED) is 0.554. The van der Waals surface area contributed by atoms with Crippen LogP contribution in [-0.4, -0.2) is 72.9 Å². The Balaban J connectivity index is 1.88. The maximum absolute atomic E-state index is 13.2. The lowest BCUT2D eigenvalue weighted by Gasteiger charge is -2.30. The van der Waals surface area contributed by atoms with Gasteiger partial charge in [-0.3, -0.25) is 9.48 Å². The number of hydrogen-bond acceptors (Lipinski definition) is 7. The molecule has 0 radical (unpaired) electrons. The molecule has 1 saturated heterocycles. The monoisotopic (exact) mass is 486 g/mol. The van der Waals surface area contributed by atoms with Gasteiger partial charge in [0, 0.05) is 19.6 Å². The van der Waals surface area contributed by atoms with Crippen molar-refractivity contribution in [3.8, 4) is 0 Å². The first kappa shape index (κ1) is 24.5. The summed E-state index contributed by atoms with van der Waals surface area (Å²) in [5.74, 6) is 0.244. The van der Waals surface area contributed by atoms with Crippen molar-refractivity contribution in [2.75, 3.05) is 25.1 Å². The molecule has 0 bridgehead atoms. The van der Waals surface area contributed by atoms with Gasteiger partial charge in [-0.15, -0.1) is 0 Å². The lowest BCUT2D eigenvalue weighted by atomic mass is 10.2. The molecule has 3 rings (SSSR count). The highest BCUT2D eigenvalue weighted by atomic mass is 32.2. The highest BCUT2D eigenvalue weighted by Gasteiger charge is 2.37. The second-order valence-corrected chi connectivity index (χ2v) is 12.4. The predicted octanol–water partition coefficient (Wildman–Crippen LogP) is 1.51. The maximum atomic E-state index is 13.2. The van der Waals surface area contributed by atoms with Crippen molar-refractivity contribution < 1.29 is 26.0 Å². The zero-order chi connectivity index (χ0) is 23.8. The number of rotatable bonds is 8. The van der Waals surface area contributed by atoms with E-state index in [1.165, 1.54) is 22.3 Å². The normalized spacial score (nSPS) is 19.4. The van der Waals surface area contributed by atoms with E-state index in [2.05, 4.69) is 5.10 Å². The lowest BCUT2D eigenvalue weighted by molar-refractivity contribution is -0.136. The van der Waals surface area contributed by atoms with Gasteiger partial charge in [-0.1, -0.05) is 0 Å². The maximum Gasteiger partial charge on any atom is 0.247 e. The number of sulfone groups is 1. The molecule has 0 aromatic carbocycles. The average Bonchev–Trinajstić information content (AvgIpc) is 3.41. The van der Waals surface area contributed by atoms with Crippen LogP contribution in [0, 0.1) is 13.8 Å². The van der Waals surface area contributed by atoms with Crippen LogP contribution in [0.3, 0.4) is 0 Å². The fraction of sp³-hybridized carbons (Fsp3) is 0.600. The Labute approximate surface area is 189 Å². The molecular formula is C20H30N4O6S2. The van der Waals surface area contributed by atoms with Crippen molar-refractivity contribution in [2.24, 2.45) is 0 Å². The highest BCUT2D eigenvalue weighted by Crippen LogP contribution is 2.28. The third kappa shape index (κ3) is 4.62. The van der Waals surface area contributed by atoms with Crippen LogP contribution in [0.4, 0.5) is 0 Å². The van der Waals surface area contributed by atoms with Gasteiger partial charge in [-0.2, -0.15) is 9.40 Å². The smallest absolute Gasteiger partial charge is 0.247 e. The van der Waals surface area contributed by atoms with Gasteiger partial charge >= 0.3 is 0 Å². The largest absolute Gasteiger partial charge is 0.468 e.